The van der Waals surface area contributed by atoms with E-state index < -0.39 is 11.2 Å². The van der Waals surface area contributed by atoms with Crippen LogP contribution >= 0.6 is 11.8 Å². The highest BCUT2D eigenvalue weighted by Crippen LogP contribution is 2.22. The minimum atomic E-state index is -1.03. The predicted molar refractivity (Wildman–Crippen MR) is 79.5 cm³/mol. The third-order valence-electron chi connectivity index (χ3n) is 2.77. The second kappa shape index (κ2) is 6.40. The minimum Gasteiger partial charge on any atom is -0.478 e. The number of hydrogen-bond donors (Lipinski definition) is 3. The van der Waals surface area contributed by atoms with Gasteiger partial charge in [-0.2, -0.15) is 0 Å². The average Bonchev–Trinajstić information content (AvgIpc) is 2.80. The highest BCUT2D eigenvalue weighted by atomic mass is 32.2. The van der Waals surface area contributed by atoms with Gasteiger partial charge in [-0.15, -0.1) is 0 Å². The number of amides is 2. The van der Waals surface area contributed by atoms with Crippen molar-refractivity contribution in [1.82, 2.24) is 5.32 Å². The molecule has 2 rings (SSSR count). The summed E-state index contributed by atoms with van der Waals surface area (Å²) >= 11 is 1.21. The first kappa shape index (κ1) is 15.0. The zero-order chi connectivity index (χ0) is 15.4. The molecule has 1 aliphatic rings. The Morgan fingerprint density at radius 3 is 2.57 bits per heavy atom. The molecule has 0 radical (unpaired) electrons. The summed E-state index contributed by atoms with van der Waals surface area (Å²) in [7, 11) is 1.56. The second-order valence-electron chi connectivity index (χ2n) is 4.26. The molecular weight excluding hydrogens is 294 g/mol. The van der Waals surface area contributed by atoms with Crippen molar-refractivity contribution in [3.05, 3.63) is 29.8 Å². The first-order valence-corrected chi connectivity index (χ1v) is 6.95. The maximum Gasteiger partial charge on any atom is 0.335 e. The monoisotopic (exact) mass is 307 g/mol. The van der Waals surface area contributed by atoms with E-state index in [0.29, 0.717) is 10.9 Å². The first-order chi connectivity index (χ1) is 9.99. The number of carbonyl (C=O) groups is 3. The first-order valence-electron chi connectivity index (χ1n) is 6.07. The van der Waals surface area contributed by atoms with Gasteiger partial charge in [-0.05, 0) is 24.3 Å². The summed E-state index contributed by atoms with van der Waals surface area (Å²) in [6.07, 6.45) is 0.0240. The Kier molecular flexibility index (Phi) is 4.59. The maximum absolute atomic E-state index is 11.9. The van der Waals surface area contributed by atoms with Crippen molar-refractivity contribution in [2.45, 2.75) is 11.7 Å². The molecule has 0 spiro atoms. The summed E-state index contributed by atoms with van der Waals surface area (Å²) in [4.78, 5) is 38.0. The number of aromatic carboxylic acids is 1. The van der Waals surface area contributed by atoms with E-state index in [1.54, 1.807) is 7.05 Å². The molecule has 0 aromatic heterocycles. The Morgan fingerprint density at radius 2 is 2.05 bits per heavy atom. The van der Waals surface area contributed by atoms with Crippen molar-refractivity contribution in [2.24, 2.45) is 4.99 Å². The largest absolute Gasteiger partial charge is 0.478 e. The van der Waals surface area contributed by atoms with Crippen molar-refractivity contribution in [2.75, 3.05) is 12.4 Å². The lowest BCUT2D eigenvalue weighted by Gasteiger charge is -2.07. The van der Waals surface area contributed by atoms with Crippen LogP contribution in [-0.2, 0) is 9.59 Å². The molecule has 1 aromatic rings. The Bertz CT molecular complexity index is 612. The zero-order valence-corrected chi connectivity index (χ0v) is 11.9. The van der Waals surface area contributed by atoms with Crippen LogP contribution in [0.15, 0.2) is 29.3 Å². The van der Waals surface area contributed by atoms with Gasteiger partial charge in [0.25, 0.3) is 0 Å². The van der Waals surface area contributed by atoms with Crippen LogP contribution in [0.25, 0.3) is 0 Å². The number of benzene rings is 1. The molecule has 1 heterocycles. The van der Waals surface area contributed by atoms with Crippen LogP contribution in [-0.4, -0.2) is 40.4 Å². The van der Waals surface area contributed by atoms with Gasteiger partial charge in [-0.25, -0.2) is 4.79 Å². The van der Waals surface area contributed by atoms with E-state index >= 15 is 0 Å². The van der Waals surface area contributed by atoms with Crippen LogP contribution in [0.2, 0.25) is 0 Å². The van der Waals surface area contributed by atoms with E-state index in [9.17, 15) is 14.4 Å². The third kappa shape index (κ3) is 3.82. The lowest BCUT2D eigenvalue weighted by molar-refractivity contribution is -0.122. The van der Waals surface area contributed by atoms with Crippen molar-refractivity contribution >= 4 is 40.4 Å². The zero-order valence-electron chi connectivity index (χ0n) is 11.1. The van der Waals surface area contributed by atoms with Crippen molar-refractivity contribution in [3.8, 4) is 0 Å². The fraction of sp³-hybridized carbons (Fsp3) is 0.231. The highest BCUT2D eigenvalue weighted by Gasteiger charge is 2.31. The van der Waals surface area contributed by atoms with Gasteiger partial charge in [-0.1, -0.05) is 11.8 Å². The molecular formula is C13H13N3O4S. The third-order valence-corrected chi connectivity index (χ3v) is 3.94. The van der Waals surface area contributed by atoms with E-state index in [0.717, 1.165) is 0 Å². The number of nitrogens with zero attached hydrogens (tertiary/aromatic N) is 1. The number of carboxylic acid groups (broad SMARTS) is 1. The lowest BCUT2D eigenvalue weighted by Crippen LogP contribution is -2.28. The fourth-order valence-electron chi connectivity index (χ4n) is 1.72. The van der Waals surface area contributed by atoms with Crippen LogP contribution < -0.4 is 10.6 Å². The molecule has 1 saturated heterocycles. The molecule has 0 bridgehead atoms. The van der Waals surface area contributed by atoms with Crippen LogP contribution in [0.5, 0.6) is 0 Å². The number of thioether (sulfide) groups is 1. The van der Waals surface area contributed by atoms with Gasteiger partial charge in [0.05, 0.1) is 5.56 Å². The summed E-state index contributed by atoms with van der Waals surface area (Å²) in [5.41, 5.74) is 0.625. The lowest BCUT2D eigenvalue weighted by atomic mass is 10.2. The number of nitrogens with one attached hydrogen (secondary N) is 2. The van der Waals surface area contributed by atoms with E-state index in [-0.39, 0.29) is 23.8 Å². The number of aliphatic imine (C=N–C) groups is 1. The summed E-state index contributed by atoms with van der Waals surface area (Å²) in [6.45, 7) is 0. The molecule has 0 aliphatic carbocycles. The summed E-state index contributed by atoms with van der Waals surface area (Å²) in [5.74, 6) is -1.58. The minimum absolute atomic E-state index is 0.0240. The topological polar surface area (TPSA) is 108 Å². The SMILES string of the molecule is CN=C1NC(=O)C(CC(=O)Nc2ccc(C(=O)O)cc2)S1. The molecule has 7 nitrogen and oxygen atoms in total. The molecule has 21 heavy (non-hydrogen) atoms. The number of hydrogen-bond acceptors (Lipinski definition) is 5. The summed E-state index contributed by atoms with van der Waals surface area (Å²) < 4.78 is 0. The Labute approximate surface area is 124 Å². The second-order valence-corrected chi connectivity index (χ2v) is 5.45. The number of carbonyl (C=O) groups excluding carboxylic acids is 2. The van der Waals surface area contributed by atoms with Gasteiger partial charge in [0, 0.05) is 19.2 Å². The van der Waals surface area contributed by atoms with Crippen molar-refractivity contribution < 1.29 is 19.5 Å². The van der Waals surface area contributed by atoms with Gasteiger partial charge < -0.3 is 15.7 Å². The Hall–Kier alpha value is -2.35. The molecule has 0 saturated carbocycles. The number of amidine groups is 1. The molecule has 8 heteroatoms. The standard InChI is InChI=1S/C13H13N3O4S/c1-14-13-16-11(18)9(21-13)6-10(17)15-8-4-2-7(3-5-8)12(19)20/h2-5,9H,6H2,1H3,(H,15,17)(H,19,20)(H,14,16,18). The smallest absolute Gasteiger partial charge is 0.335 e. The average molecular weight is 307 g/mol. The van der Waals surface area contributed by atoms with Gasteiger partial charge >= 0.3 is 5.97 Å². The summed E-state index contributed by atoms with van der Waals surface area (Å²) in [5, 5.41) is 14.0. The number of carboxylic acids is 1. The Balaban J connectivity index is 1.93. The molecule has 1 unspecified atom stereocenters. The van der Waals surface area contributed by atoms with E-state index in [1.165, 1.54) is 36.0 Å². The van der Waals surface area contributed by atoms with Crippen molar-refractivity contribution in [1.29, 1.82) is 0 Å². The fourth-order valence-corrected chi connectivity index (χ4v) is 2.66. The molecule has 1 fully saturated rings. The molecule has 110 valence electrons. The Morgan fingerprint density at radius 1 is 1.38 bits per heavy atom. The molecule has 1 aliphatic heterocycles. The van der Waals surface area contributed by atoms with Crippen LogP contribution in [0.4, 0.5) is 5.69 Å². The quantitative estimate of drug-likeness (QED) is 0.767. The van der Waals surface area contributed by atoms with Gasteiger partial charge in [0.2, 0.25) is 11.8 Å². The van der Waals surface area contributed by atoms with Gasteiger partial charge in [0.1, 0.15) is 5.25 Å². The number of rotatable bonds is 4. The predicted octanol–water partition coefficient (Wildman–Crippen LogP) is 0.931. The molecule has 2 amide bonds. The van der Waals surface area contributed by atoms with Crippen LogP contribution in [0, 0.1) is 0 Å². The normalized spacial score (nSPS) is 19.4. The highest BCUT2D eigenvalue weighted by molar-refractivity contribution is 8.15. The van der Waals surface area contributed by atoms with Crippen molar-refractivity contribution in [3.63, 3.8) is 0 Å². The van der Waals surface area contributed by atoms with Gasteiger partial charge in [-0.3, -0.25) is 14.6 Å². The molecule has 1 atom stereocenters. The van der Waals surface area contributed by atoms with E-state index in [4.69, 9.17) is 5.11 Å². The van der Waals surface area contributed by atoms with Gasteiger partial charge in [0.15, 0.2) is 5.17 Å². The molecule has 1 aromatic carbocycles. The maximum atomic E-state index is 11.9. The molecule has 3 N–H and O–H groups in total. The van der Waals surface area contributed by atoms with Crippen LogP contribution in [0.3, 0.4) is 0 Å². The number of anilines is 1. The summed E-state index contributed by atoms with van der Waals surface area (Å²) in [6, 6.07) is 5.80. The van der Waals surface area contributed by atoms with Crippen LogP contribution in [0.1, 0.15) is 16.8 Å². The van der Waals surface area contributed by atoms with E-state index in [2.05, 4.69) is 15.6 Å². The van der Waals surface area contributed by atoms with E-state index in [1.807, 2.05) is 0 Å².